The van der Waals surface area contributed by atoms with Gasteiger partial charge in [-0.25, -0.2) is 4.79 Å². The molecule has 0 radical (unpaired) electrons. The molecule has 0 bridgehead atoms. The monoisotopic (exact) mass is 523 g/mol. The molecule has 7 nitrogen and oxygen atoms in total. The number of amides is 1. The van der Waals surface area contributed by atoms with Gasteiger partial charge in [-0.2, -0.15) is 5.10 Å². The lowest BCUT2D eigenvalue weighted by Gasteiger charge is -2.38. The van der Waals surface area contributed by atoms with Crippen LogP contribution in [0.4, 0.5) is 4.79 Å². The number of aryl methyl sites for hydroxylation is 1. The van der Waals surface area contributed by atoms with Crippen molar-refractivity contribution in [3.63, 3.8) is 0 Å². The van der Waals surface area contributed by atoms with Crippen LogP contribution in [0.5, 0.6) is 0 Å². The van der Waals surface area contributed by atoms with Crippen LogP contribution >= 0.6 is 0 Å². The molecule has 0 N–H and O–H groups in total. The van der Waals surface area contributed by atoms with Gasteiger partial charge < -0.3 is 18.5 Å². The van der Waals surface area contributed by atoms with Crippen LogP contribution in [0.2, 0.25) is 36.3 Å². The van der Waals surface area contributed by atoms with Gasteiger partial charge in [0.05, 0.1) is 24.6 Å². The summed E-state index contributed by atoms with van der Waals surface area (Å²) < 4.78 is 20.6. The minimum atomic E-state index is -1.97. The molecule has 35 heavy (non-hydrogen) atoms. The fourth-order valence-corrected chi connectivity index (χ4v) is 6.06. The summed E-state index contributed by atoms with van der Waals surface area (Å²) in [6.07, 6.45) is 4.70. The maximum atomic E-state index is 12.9. The summed E-state index contributed by atoms with van der Waals surface area (Å²) in [6, 6.07) is -0.0158. The Balaban J connectivity index is 2.24. The van der Waals surface area contributed by atoms with Crippen LogP contribution in [-0.2, 0) is 33.7 Å². The van der Waals surface area contributed by atoms with E-state index in [1.807, 2.05) is 22.8 Å². The molecule has 0 aromatic carbocycles. The van der Waals surface area contributed by atoms with Crippen LogP contribution in [0.3, 0.4) is 0 Å². The van der Waals surface area contributed by atoms with Crippen LogP contribution in [0.25, 0.3) is 0 Å². The van der Waals surface area contributed by atoms with Gasteiger partial charge in [-0.05, 0) is 54.7 Å². The molecule has 0 spiro atoms. The first-order valence-electron chi connectivity index (χ1n) is 12.8. The Bertz CT molecular complexity index is 884. The lowest BCUT2D eigenvalue weighted by atomic mass is 10.0. The number of aromatic nitrogens is 2. The molecule has 2 heterocycles. The molecule has 200 valence electrons. The van der Waals surface area contributed by atoms with Crippen molar-refractivity contribution in [2.24, 2.45) is 7.05 Å². The first kappa shape index (κ1) is 29.8. The second-order valence-electron chi connectivity index (χ2n) is 12.9. The lowest BCUT2D eigenvalue weighted by molar-refractivity contribution is 0.103. The zero-order valence-corrected chi connectivity index (χ0v) is 26.0. The van der Waals surface area contributed by atoms with Crippen molar-refractivity contribution in [2.75, 3.05) is 13.2 Å². The molecule has 1 aliphatic heterocycles. The molecule has 1 fully saturated rings. The van der Waals surface area contributed by atoms with Gasteiger partial charge in [-0.3, -0.25) is 4.68 Å². The highest BCUT2D eigenvalue weighted by Gasteiger charge is 2.44. The maximum Gasteiger partial charge on any atom is 0.410 e. The Morgan fingerprint density at radius 2 is 1.74 bits per heavy atom. The Hall–Kier alpha value is -1.43. The number of carbonyl (C=O) groups excluding carboxylic acids is 1. The summed E-state index contributed by atoms with van der Waals surface area (Å²) in [5.41, 5.74) is 2.19. The fourth-order valence-electron chi connectivity index (χ4n) is 3.77. The van der Waals surface area contributed by atoms with E-state index in [4.69, 9.17) is 13.6 Å². The van der Waals surface area contributed by atoms with Crippen LogP contribution in [0.15, 0.2) is 18.9 Å². The highest BCUT2D eigenvalue weighted by atomic mass is 28.4. The van der Waals surface area contributed by atoms with E-state index in [2.05, 4.69) is 79.4 Å². The summed E-state index contributed by atoms with van der Waals surface area (Å²) in [4.78, 5) is 14.8. The molecule has 0 saturated carbocycles. The standard InChI is InChI=1S/C26H49N3O4Si2/c1-13-14-31-24(30)29-18-22(33-35(11,12)26(5,6)7)16-21(29)15-20-17-27-28(8)23(20)19-32-34(9,10)25(2,3)4/h13,17,21-22H,1,14-16,18-19H2,2-12H3/t21-,22-/m1/s1. The number of ether oxygens (including phenoxy) is 1. The molecule has 1 amide bonds. The van der Waals surface area contributed by atoms with E-state index in [1.54, 1.807) is 6.08 Å². The summed E-state index contributed by atoms with van der Waals surface area (Å²) in [7, 11) is -1.91. The Morgan fingerprint density at radius 3 is 2.29 bits per heavy atom. The molecule has 1 aromatic rings. The molecular formula is C26H49N3O4Si2. The zero-order chi connectivity index (χ0) is 26.8. The third-order valence-corrected chi connectivity index (χ3v) is 17.2. The summed E-state index contributed by atoms with van der Waals surface area (Å²) in [5.74, 6) is 0. The average Bonchev–Trinajstić information content (AvgIpc) is 3.25. The molecule has 9 heteroatoms. The van der Waals surface area contributed by atoms with Gasteiger partial charge in [0.2, 0.25) is 0 Å². The maximum absolute atomic E-state index is 12.9. The number of likely N-dealkylation sites (tertiary alicyclic amines) is 1. The average molecular weight is 524 g/mol. The van der Waals surface area contributed by atoms with E-state index in [1.165, 1.54) is 0 Å². The predicted octanol–water partition coefficient (Wildman–Crippen LogP) is 6.27. The van der Waals surface area contributed by atoms with Crippen LogP contribution in [0, 0.1) is 0 Å². The number of hydrogen-bond donors (Lipinski definition) is 0. The van der Waals surface area contributed by atoms with Crippen LogP contribution in [-0.4, -0.2) is 62.7 Å². The molecule has 2 rings (SSSR count). The summed E-state index contributed by atoms with van der Waals surface area (Å²) in [5, 5.41) is 4.78. The molecule has 1 saturated heterocycles. The minimum absolute atomic E-state index is 0.000718. The SMILES string of the molecule is C=CCOC(=O)N1C[C@H](O[Si](C)(C)C(C)(C)C)C[C@H]1Cc1cnn(C)c1CO[Si](C)(C)C(C)(C)C. The zero-order valence-electron chi connectivity index (χ0n) is 24.0. The van der Waals surface area contributed by atoms with E-state index in [0.717, 1.165) is 17.7 Å². The summed E-state index contributed by atoms with van der Waals surface area (Å²) in [6.45, 7) is 27.5. The van der Waals surface area contributed by atoms with Crippen LogP contribution < -0.4 is 0 Å². The second kappa shape index (κ2) is 10.9. The first-order valence-corrected chi connectivity index (χ1v) is 18.6. The third kappa shape index (κ3) is 7.30. The van der Waals surface area contributed by atoms with Crippen molar-refractivity contribution in [1.29, 1.82) is 0 Å². The van der Waals surface area contributed by atoms with E-state index >= 15 is 0 Å². The van der Waals surface area contributed by atoms with Gasteiger partial charge in [0.1, 0.15) is 6.61 Å². The van der Waals surface area contributed by atoms with Crippen molar-refractivity contribution >= 4 is 22.7 Å². The highest BCUT2D eigenvalue weighted by Crippen LogP contribution is 2.40. The predicted molar refractivity (Wildman–Crippen MR) is 148 cm³/mol. The molecule has 0 unspecified atom stereocenters. The Morgan fingerprint density at radius 1 is 1.14 bits per heavy atom. The normalized spacial score (nSPS) is 19.8. The van der Waals surface area contributed by atoms with Crippen molar-refractivity contribution in [3.05, 3.63) is 30.1 Å². The molecule has 2 atom stereocenters. The van der Waals surface area contributed by atoms with Gasteiger partial charge in [0.25, 0.3) is 0 Å². The van der Waals surface area contributed by atoms with Crippen molar-refractivity contribution in [3.8, 4) is 0 Å². The van der Waals surface area contributed by atoms with Gasteiger partial charge >= 0.3 is 6.09 Å². The fraction of sp³-hybridized carbons (Fsp3) is 0.769. The Kier molecular flexibility index (Phi) is 9.28. The quantitative estimate of drug-likeness (QED) is 0.282. The van der Waals surface area contributed by atoms with Gasteiger partial charge in [0, 0.05) is 19.6 Å². The van der Waals surface area contributed by atoms with E-state index in [-0.39, 0.29) is 34.9 Å². The smallest absolute Gasteiger partial charge is 0.410 e. The van der Waals surface area contributed by atoms with Crippen molar-refractivity contribution in [2.45, 2.75) is 109 Å². The molecule has 1 aliphatic rings. The summed E-state index contributed by atoms with van der Waals surface area (Å²) >= 11 is 0. The Labute approximate surface area is 215 Å². The topological polar surface area (TPSA) is 65.8 Å². The van der Waals surface area contributed by atoms with E-state index < -0.39 is 16.6 Å². The second-order valence-corrected chi connectivity index (χ2v) is 22.5. The third-order valence-electron chi connectivity index (χ3n) is 8.18. The molecule has 1 aromatic heterocycles. The number of hydrogen-bond acceptors (Lipinski definition) is 5. The van der Waals surface area contributed by atoms with Crippen LogP contribution in [0.1, 0.15) is 59.2 Å². The van der Waals surface area contributed by atoms with Gasteiger partial charge in [-0.15, -0.1) is 0 Å². The van der Waals surface area contributed by atoms with E-state index in [9.17, 15) is 4.79 Å². The van der Waals surface area contributed by atoms with E-state index in [0.29, 0.717) is 19.6 Å². The molecule has 0 aliphatic carbocycles. The number of rotatable bonds is 9. The molecular weight excluding hydrogens is 474 g/mol. The van der Waals surface area contributed by atoms with Crippen molar-refractivity contribution < 1.29 is 18.4 Å². The first-order chi connectivity index (χ1) is 15.9. The van der Waals surface area contributed by atoms with Crippen molar-refractivity contribution in [1.82, 2.24) is 14.7 Å². The number of carbonyl (C=O) groups is 1. The number of nitrogens with zero attached hydrogens (tertiary/aromatic N) is 3. The minimum Gasteiger partial charge on any atom is -0.445 e. The van der Waals surface area contributed by atoms with Gasteiger partial charge in [-0.1, -0.05) is 54.2 Å². The largest absolute Gasteiger partial charge is 0.445 e. The highest BCUT2D eigenvalue weighted by molar-refractivity contribution is 6.74. The van der Waals surface area contributed by atoms with Gasteiger partial charge in [0.15, 0.2) is 16.6 Å². The lowest BCUT2D eigenvalue weighted by Crippen LogP contribution is -2.44.